The van der Waals surface area contributed by atoms with Crippen LogP contribution in [0.1, 0.15) is 25.5 Å². The Kier molecular flexibility index (Phi) is 3.99. The summed E-state index contributed by atoms with van der Waals surface area (Å²) in [7, 11) is 0. The molecule has 0 fully saturated rings. The lowest BCUT2D eigenvalue weighted by Crippen LogP contribution is -2.08. The molecule has 0 aliphatic carbocycles. The van der Waals surface area contributed by atoms with Gasteiger partial charge in [0.25, 0.3) is 0 Å². The molecule has 1 aromatic carbocycles. The number of aliphatic hydroxyl groups excluding tert-OH is 1. The predicted octanol–water partition coefficient (Wildman–Crippen LogP) is 3.65. The van der Waals surface area contributed by atoms with Crippen molar-refractivity contribution >= 4 is 0 Å². The van der Waals surface area contributed by atoms with Gasteiger partial charge in [0.15, 0.2) is 0 Å². The molecule has 17 heavy (non-hydrogen) atoms. The molecule has 2 nitrogen and oxygen atoms in total. The molecular formula is C15H18O2. The fourth-order valence-corrected chi connectivity index (χ4v) is 1.91. The molecule has 0 saturated heterocycles. The van der Waals surface area contributed by atoms with E-state index in [1.807, 2.05) is 42.5 Å². The van der Waals surface area contributed by atoms with Crippen molar-refractivity contribution in [2.75, 3.05) is 0 Å². The van der Waals surface area contributed by atoms with E-state index >= 15 is 0 Å². The highest BCUT2D eigenvalue weighted by atomic mass is 16.3. The van der Waals surface area contributed by atoms with E-state index in [0.717, 1.165) is 29.9 Å². The van der Waals surface area contributed by atoms with E-state index in [4.69, 9.17) is 4.42 Å². The molecule has 0 radical (unpaired) electrons. The standard InChI is InChI=1S/C15H18O2/c1-2-6-13(16)11-14-9-10-15(17-14)12-7-4-3-5-8-12/h3-5,7-10,13,16H,2,6,11H2,1H3. The molecule has 1 atom stereocenters. The lowest BCUT2D eigenvalue weighted by molar-refractivity contribution is 0.157. The van der Waals surface area contributed by atoms with Crippen LogP contribution in [-0.4, -0.2) is 11.2 Å². The molecule has 0 spiro atoms. The molecular weight excluding hydrogens is 212 g/mol. The lowest BCUT2D eigenvalue weighted by atomic mass is 10.1. The van der Waals surface area contributed by atoms with Crippen LogP contribution in [0.15, 0.2) is 46.9 Å². The number of benzene rings is 1. The van der Waals surface area contributed by atoms with Gasteiger partial charge in [-0.05, 0) is 18.6 Å². The molecule has 0 aliphatic heterocycles. The molecule has 2 aromatic rings. The third-order valence-electron chi connectivity index (χ3n) is 2.78. The Labute approximate surface area is 102 Å². The van der Waals surface area contributed by atoms with Gasteiger partial charge < -0.3 is 9.52 Å². The van der Waals surface area contributed by atoms with Gasteiger partial charge in [-0.15, -0.1) is 0 Å². The van der Waals surface area contributed by atoms with Gasteiger partial charge in [0.1, 0.15) is 11.5 Å². The van der Waals surface area contributed by atoms with Gasteiger partial charge >= 0.3 is 0 Å². The Balaban J connectivity index is 2.06. The van der Waals surface area contributed by atoms with Gasteiger partial charge in [0, 0.05) is 12.0 Å². The van der Waals surface area contributed by atoms with Crippen molar-refractivity contribution in [2.45, 2.75) is 32.3 Å². The molecule has 0 amide bonds. The van der Waals surface area contributed by atoms with Crippen molar-refractivity contribution in [3.05, 3.63) is 48.2 Å². The highest BCUT2D eigenvalue weighted by Crippen LogP contribution is 2.22. The zero-order valence-electron chi connectivity index (χ0n) is 10.1. The summed E-state index contributed by atoms with van der Waals surface area (Å²) in [6, 6.07) is 13.9. The molecule has 2 rings (SSSR count). The minimum Gasteiger partial charge on any atom is -0.461 e. The van der Waals surface area contributed by atoms with Gasteiger partial charge in [0.05, 0.1) is 6.10 Å². The SMILES string of the molecule is CCCC(O)Cc1ccc(-c2ccccc2)o1. The van der Waals surface area contributed by atoms with E-state index in [1.165, 1.54) is 0 Å². The molecule has 0 saturated carbocycles. The highest BCUT2D eigenvalue weighted by Gasteiger charge is 2.09. The summed E-state index contributed by atoms with van der Waals surface area (Å²) in [5, 5.41) is 9.72. The predicted molar refractivity (Wildman–Crippen MR) is 68.8 cm³/mol. The minimum atomic E-state index is -0.297. The zero-order valence-corrected chi connectivity index (χ0v) is 10.1. The Morgan fingerprint density at radius 1 is 1.12 bits per heavy atom. The van der Waals surface area contributed by atoms with Crippen LogP contribution in [0.25, 0.3) is 11.3 Å². The second-order valence-electron chi connectivity index (χ2n) is 4.28. The quantitative estimate of drug-likeness (QED) is 0.850. The van der Waals surface area contributed by atoms with Crippen molar-refractivity contribution in [1.82, 2.24) is 0 Å². The first-order valence-electron chi connectivity index (χ1n) is 6.11. The number of aliphatic hydroxyl groups is 1. The summed E-state index contributed by atoms with van der Waals surface area (Å²) >= 11 is 0. The maximum Gasteiger partial charge on any atom is 0.134 e. The molecule has 2 heteroatoms. The van der Waals surface area contributed by atoms with Crippen molar-refractivity contribution in [2.24, 2.45) is 0 Å². The Bertz CT molecular complexity index is 445. The molecule has 1 aromatic heterocycles. The Morgan fingerprint density at radius 3 is 2.59 bits per heavy atom. The topological polar surface area (TPSA) is 33.4 Å². The summed E-state index contributed by atoms with van der Waals surface area (Å²) in [6.45, 7) is 2.07. The third-order valence-corrected chi connectivity index (χ3v) is 2.78. The molecule has 0 aliphatic rings. The van der Waals surface area contributed by atoms with Gasteiger partial charge in [-0.25, -0.2) is 0 Å². The summed E-state index contributed by atoms with van der Waals surface area (Å²) in [5.41, 5.74) is 1.07. The van der Waals surface area contributed by atoms with Crippen molar-refractivity contribution in [3.63, 3.8) is 0 Å². The fourth-order valence-electron chi connectivity index (χ4n) is 1.91. The normalized spacial score (nSPS) is 12.6. The van der Waals surface area contributed by atoms with Crippen LogP contribution in [0.5, 0.6) is 0 Å². The van der Waals surface area contributed by atoms with Gasteiger partial charge in [-0.3, -0.25) is 0 Å². The van der Waals surface area contributed by atoms with Crippen LogP contribution >= 0.6 is 0 Å². The summed E-state index contributed by atoms with van der Waals surface area (Å²) in [5.74, 6) is 1.72. The van der Waals surface area contributed by atoms with Crippen LogP contribution < -0.4 is 0 Å². The summed E-state index contributed by atoms with van der Waals surface area (Å²) in [6.07, 6.45) is 2.12. The monoisotopic (exact) mass is 230 g/mol. The second kappa shape index (κ2) is 5.69. The first-order valence-corrected chi connectivity index (χ1v) is 6.11. The average Bonchev–Trinajstić information content (AvgIpc) is 2.79. The van der Waals surface area contributed by atoms with E-state index < -0.39 is 0 Å². The van der Waals surface area contributed by atoms with Gasteiger partial charge in [0.2, 0.25) is 0 Å². The first kappa shape index (κ1) is 11.9. The molecule has 1 heterocycles. The number of hydrogen-bond donors (Lipinski definition) is 1. The van der Waals surface area contributed by atoms with Crippen molar-refractivity contribution < 1.29 is 9.52 Å². The fraction of sp³-hybridized carbons (Fsp3) is 0.333. The Morgan fingerprint density at radius 2 is 1.88 bits per heavy atom. The van der Waals surface area contributed by atoms with Gasteiger partial charge in [-0.1, -0.05) is 43.7 Å². The number of hydrogen-bond acceptors (Lipinski definition) is 2. The van der Waals surface area contributed by atoms with E-state index in [-0.39, 0.29) is 6.10 Å². The summed E-state index contributed by atoms with van der Waals surface area (Å²) in [4.78, 5) is 0. The van der Waals surface area contributed by atoms with E-state index in [1.54, 1.807) is 0 Å². The van der Waals surface area contributed by atoms with Crippen LogP contribution in [0, 0.1) is 0 Å². The van der Waals surface area contributed by atoms with Crippen LogP contribution in [0.3, 0.4) is 0 Å². The number of rotatable bonds is 5. The second-order valence-corrected chi connectivity index (χ2v) is 4.28. The highest BCUT2D eigenvalue weighted by molar-refractivity contribution is 5.57. The van der Waals surface area contributed by atoms with Crippen molar-refractivity contribution in [3.8, 4) is 11.3 Å². The smallest absolute Gasteiger partial charge is 0.134 e. The van der Waals surface area contributed by atoms with Crippen LogP contribution in [0.4, 0.5) is 0 Å². The van der Waals surface area contributed by atoms with E-state index in [0.29, 0.717) is 6.42 Å². The molecule has 1 unspecified atom stereocenters. The van der Waals surface area contributed by atoms with E-state index in [2.05, 4.69) is 6.92 Å². The first-order chi connectivity index (χ1) is 8.29. The molecule has 0 bridgehead atoms. The minimum absolute atomic E-state index is 0.297. The molecule has 1 N–H and O–H groups in total. The molecule has 90 valence electrons. The summed E-state index contributed by atoms with van der Waals surface area (Å²) < 4.78 is 5.73. The third kappa shape index (κ3) is 3.21. The maximum atomic E-state index is 9.72. The number of furan rings is 1. The van der Waals surface area contributed by atoms with Crippen LogP contribution in [0.2, 0.25) is 0 Å². The average molecular weight is 230 g/mol. The largest absolute Gasteiger partial charge is 0.461 e. The Hall–Kier alpha value is -1.54. The van der Waals surface area contributed by atoms with Crippen LogP contribution in [-0.2, 0) is 6.42 Å². The zero-order chi connectivity index (χ0) is 12.1. The van der Waals surface area contributed by atoms with Gasteiger partial charge in [-0.2, -0.15) is 0 Å². The van der Waals surface area contributed by atoms with Crippen molar-refractivity contribution in [1.29, 1.82) is 0 Å². The lowest BCUT2D eigenvalue weighted by Gasteiger charge is -2.06. The van der Waals surface area contributed by atoms with E-state index in [9.17, 15) is 5.11 Å². The maximum absolute atomic E-state index is 9.72.